The Labute approximate surface area is 94.8 Å². The van der Waals surface area contributed by atoms with Crippen LogP contribution in [0.15, 0.2) is 22.7 Å². The van der Waals surface area contributed by atoms with Gasteiger partial charge in [-0.3, -0.25) is 4.79 Å². The van der Waals surface area contributed by atoms with Crippen LogP contribution in [0.25, 0.3) is 0 Å². The summed E-state index contributed by atoms with van der Waals surface area (Å²) in [6.07, 6.45) is 0.244. The van der Waals surface area contributed by atoms with Gasteiger partial charge >= 0.3 is 0 Å². The first-order valence-electron chi connectivity index (χ1n) is 4.46. The molecular formula is C11H7BrFNO. The van der Waals surface area contributed by atoms with Gasteiger partial charge in [0.25, 0.3) is 0 Å². The lowest BCUT2D eigenvalue weighted by Crippen LogP contribution is -2.41. The molecule has 0 N–H and O–H groups in total. The Morgan fingerprint density at radius 3 is 2.67 bits per heavy atom. The number of ketones is 1. The maximum absolute atomic E-state index is 13.5. The normalized spacial score (nSPS) is 18.1. The smallest absolute Gasteiger partial charge is 0.136 e. The van der Waals surface area contributed by atoms with Gasteiger partial charge in [-0.2, -0.15) is 5.26 Å². The molecule has 0 amide bonds. The lowest BCUT2D eigenvalue weighted by atomic mass is 9.64. The molecule has 0 aromatic heterocycles. The zero-order chi connectivity index (χ0) is 11.1. The van der Waals surface area contributed by atoms with Gasteiger partial charge in [0.2, 0.25) is 0 Å². The standard InChI is InChI=1S/C11H7BrFNO/c12-7-1-2-10(13)9(3-7)11(6-14)4-8(15)5-11/h1-3H,4-5H2. The molecule has 1 aliphatic rings. The van der Waals surface area contributed by atoms with E-state index in [4.69, 9.17) is 5.26 Å². The van der Waals surface area contributed by atoms with Crippen LogP contribution in [0.3, 0.4) is 0 Å². The SMILES string of the molecule is N#CC1(c2cc(Br)ccc2F)CC(=O)C1. The van der Waals surface area contributed by atoms with E-state index in [1.165, 1.54) is 6.07 Å². The second kappa shape index (κ2) is 3.42. The molecule has 0 radical (unpaired) electrons. The number of hydrogen-bond acceptors (Lipinski definition) is 2. The molecule has 0 aliphatic heterocycles. The molecule has 1 aliphatic carbocycles. The summed E-state index contributed by atoms with van der Waals surface area (Å²) >= 11 is 3.23. The van der Waals surface area contributed by atoms with E-state index in [1.54, 1.807) is 12.1 Å². The Bertz CT molecular complexity index is 470. The van der Waals surface area contributed by atoms with Crippen LogP contribution in [0, 0.1) is 17.1 Å². The van der Waals surface area contributed by atoms with E-state index in [9.17, 15) is 9.18 Å². The maximum atomic E-state index is 13.5. The van der Waals surface area contributed by atoms with Gasteiger partial charge in [-0.05, 0) is 18.2 Å². The van der Waals surface area contributed by atoms with Crippen molar-refractivity contribution >= 4 is 21.7 Å². The summed E-state index contributed by atoms with van der Waals surface area (Å²) in [5.41, 5.74) is -0.621. The van der Waals surface area contributed by atoms with Crippen LogP contribution in [-0.4, -0.2) is 5.78 Å². The van der Waals surface area contributed by atoms with E-state index < -0.39 is 11.2 Å². The summed E-state index contributed by atoms with van der Waals surface area (Å²) in [7, 11) is 0. The van der Waals surface area contributed by atoms with Crippen LogP contribution in [0.5, 0.6) is 0 Å². The molecule has 0 unspecified atom stereocenters. The van der Waals surface area contributed by atoms with E-state index >= 15 is 0 Å². The van der Waals surface area contributed by atoms with E-state index in [-0.39, 0.29) is 18.6 Å². The van der Waals surface area contributed by atoms with Gasteiger partial charge in [0.15, 0.2) is 0 Å². The highest BCUT2D eigenvalue weighted by atomic mass is 79.9. The Hall–Kier alpha value is -1.21. The summed E-state index contributed by atoms with van der Waals surface area (Å²) in [5.74, 6) is -0.414. The third kappa shape index (κ3) is 1.57. The maximum Gasteiger partial charge on any atom is 0.136 e. The first-order valence-corrected chi connectivity index (χ1v) is 5.25. The molecule has 4 heteroatoms. The number of nitriles is 1. The summed E-state index contributed by atoms with van der Waals surface area (Å²) < 4.78 is 14.2. The highest BCUT2D eigenvalue weighted by Crippen LogP contribution is 2.42. The summed E-state index contributed by atoms with van der Waals surface area (Å²) in [4.78, 5) is 11.0. The largest absolute Gasteiger partial charge is 0.300 e. The Morgan fingerprint density at radius 1 is 1.47 bits per heavy atom. The molecule has 2 rings (SSSR count). The molecule has 0 atom stereocenters. The molecule has 1 aromatic carbocycles. The molecule has 0 saturated heterocycles. The number of Topliss-reactive ketones (excluding diaryl/α,β-unsaturated/α-hetero) is 1. The van der Waals surface area contributed by atoms with Crippen molar-refractivity contribution in [1.29, 1.82) is 5.26 Å². The number of rotatable bonds is 1. The van der Waals surface area contributed by atoms with Crippen LogP contribution in [0.2, 0.25) is 0 Å². The highest BCUT2D eigenvalue weighted by molar-refractivity contribution is 9.10. The predicted octanol–water partition coefficient (Wildman–Crippen LogP) is 2.71. The summed E-state index contributed by atoms with van der Waals surface area (Å²) in [6, 6.07) is 6.50. The first-order chi connectivity index (χ1) is 7.07. The van der Waals surface area contributed by atoms with Crippen LogP contribution >= 0.6 is 15.9 Å². The van der Waals surface area contributed by atoms with Crippen molar-refractivity contribution in [2.75, 3.05) is 0 Å². The minimum absolute atomic E-state index is 0.0101. The molecule has 1 fully saturated rings. The molecule has 0 heterocycles. The lowest BCUT2D eigenvalue weighted by molar-refractivity contribution is -0.126. The fraction of sp³-hybridized carbons (Fsp3) is 0.273. The van der Waals surface area contributed by atoms with Crippen LogP contribution in [0.1, 0.15) is 18.4 Å². The lowest BCUT2D eigenvalue weighted by Gasteiger charge is -2.34. The zero-order valence-corrected chi connectivity index (χ0v) is 9.34. The van der Waals surface area contributed by atoms with Crippen molar-refractivity contribution in [3.05, 3.63) is 34.1 Å². The van der Waals surface area contributed by atoms with Crippen molar-refractivity contribution in [2.24, 2.45) is 0 Å². The number of halogens is 2. The second-order valence-corrected chi connectivity index (χ2v) is 4.63. The Balaban J connectivity index is 2.49. The second-order valence-electron chi connectivity index (χ2n) is 3.71. The van der Waals surface area contributed by atoms with Crippen LogP contribution < -0.4 is 0 Å². The van der Waals surface area contributed by atoms with Gasteiger partial charge < -0.3 is 0 Å². The van der Waals surface area contributed by atoms with Gasteiger partial charge in [0.05, 0.1) is 11.5 Å². The predicted molar refractivity (Wildman–Crippen MR) is 55.6 cm³/mol. The average Bonchev–Trinajstić information content (AvgIpc) is 2.17. The van der Waals surface area contributed by atoms with Gasteiger partial charge in [0.1, 0.15) is 11.6 Å². The molecular weight excluding hydrogens is 261 g/mol. The fourth-order valence-corrected chi connectivity index (χ4v) is 2.18. The molecule has 1 aromatic rings. The molecule has 2 nitrogen and oxygen atoms in total. The first kappa shape index (κ1) is 10.3. The van der Waals surface area contributed by atoms with Crippen molar-refractivity contribution in [3.8, 4) is 6.07 Å². The molecule has 0 spiro atoms. The molecule has 76 valence electrons. The zero-order valence-electron chi connectivity index (χ0n) is 7.76. The molecule has 0 bridgehead atoms. The molecule has 1 saturated carbocycles. The fourth-order valence-electron chi connectivity index (χ4n) is 1.82. The Morgan fingerprint density at radius 2 is 2.13 bits per heavy atom. The average molecular weight is 268 g/mol. The van der Waals surface area contributed by atoms with Gasteiger partial charge in [0, 0.05) is 22.9 Å². The van der Waals surface area contributed by atoms with E-state index in [1.807, 2.05) is 6.07 Å². The van der Waals surface area contributed by atoms with Gasteiger partial charge in [-0.1, -0.05) is 15.9 Å². The van der Waals surface area contributed by atoms with Crippen LogP contribution in [0.4, 0.5) is 4.39 Å². The number of nitrogens with zero attached hydrogens (tertiary/aromatic N) is 1. The topological polar surface area (TPSA) is 40.9 Å². The summed E-state index contributed by atoms with van der Waals surface area (Å²) in [5, 5.41) is 9.04. The minimum atomic E-state index is -0.940. The van der Waals surface area contributed by atoms with Crippen molar-refractivity contribution in [2.45, 2.75) is 18.3 Å². The monoisotopic (exact) mass is 267 g/mol. The van der Waals surface area contributed by atoms with E-state index in [2.05, 4.69) is 15.9 Å². The van der Waals surface area contributed by atoms with Crippen molar-refractivity contribution in [1.82, 2.24) is 0 Å². The third-order valence-corrected chi connectivity index (χ3v) is 3.15. The minimum Gasteiger partial charge on any atom is -0.300 e. The number of carbonyl (C=O) groups is 1. The highest BCUT2D eigenvalue weighted by Gasteiger charge is 2.47. The molecule has 15 heavy (non-hydrogen) atoms. The number of benzene rings is 1. The Kier molecular flexibility index (Phi) is 2.35. The summed E-state index contributed by atoms with van der Waals surface area (Å²) in [6.45, 7) is 0. The number of hydrogen-bond donors (Lipinski definition) is 0. The van der Waals surface area contributed by atoms with Crippen molar-refractivity contribution < 1.29 is 9.18 Å². The van der Waals surface area contributed by atoms with Crippen molar-refractivity contribution in [3.63, 3.8) is 0 Å². The van der Waals surface area contributed by atoms with Crippen LogP contribution in [-0.2, 0) is 10.2 Å². The third-order valence-electron chi connectivity index (χ3n) is 2.66. The quantitative estimate of drug-likeness (QED) is 0.785. The van der Waals surface area contributed by atoms with Gasteiger partial charge in [-0.15, -0.1) is 0 Å². The van der Waals surface area contributed by atoms with E-state index in [0.717, 1.165) is 0 Å². The van der Waals surface area contributed by atoms with E-state index in [0.29, 0.717) is 10.0 Å². The number of carbonyl (C=O) groups excluding carboxylic acids is 1. The van der Waals surface area contributed by atoms with Gasteiger partial charge in [-0.25, -0.2) is 4.39 Å².